The van der Waals surface area contributed by atoms with Crippen LogP contribution in [-0.4, -0.2) is 77.1 Å². The molecular weight excluding hydrogens is 816 g/mol. The summed E-state index contributed by atoms with van der Waals surface area (Å²) in [5.74, 6) is -3.28. The van der Waals surface area contributed by atoms with Crippen molar-refractivity contribution in [3.05, 3.63) is 115 Å². The van der Waals surface area contributed by atoms with E-state index >= 15 is 0 Å². The number of amides is 4. The van der Waals surface area contributed by atoms with Gasteiger partial charge in [0.05, 0.1) is 16.9 Å². The van der Waals surface area contributed by atoms with E-state index in [0.29, 0.717) is 24.3 Å². The molecule has 1 aliphatic heterocycles. The molecule has 0 spiro atoms. The standard InChI is InChI=1S/C44H46F3N5O8S/c1-5-29-25-43(29,39(55)51-61(57,58)42(19-20-42)24-27-12-7-6-8-13-27)50-36(53)34-23-32(59-37-33-17-10-9-14-28(33)18-21-48-37)26-52(34)38(54)35(41(2,3)4)49-40(56)60-31-16-11-15-30(22-31)44(45,46)47/h5-18,21-22,29,32,34-35H,1,19-20,23-26H2,2-4H3,(H,49,56)(H,50,53)(H,51,55)/t29-,32-,34+,35-,43-/m1/s1. The normalized spacial score (nSPS) is 22.4. The van der Waals surface area contributed by atoms with Gasteiger partial charge in [0.25, 0.3) is 5.91 Å². The SMILES string of the molecule is C=C[C@@H]1C[C@]1(NC(=O)[C@@H]1C[C@@H](Oc2nccc3ccccc23)CN1C(=O)[C@@H](NC(=O)Oc1cccc(C(F)(F)F)c1)C(C)(C)C)C(=O)NS(=O)(=O)C1(Cc2ccccc2)CC1. The second kappa shape index (κ2) is 16.1. The van der Waals surface area contributed by atoms with E-state index in [-0.39, 0.29) is 31.7 Å². The van der Waals surface area contributed by atoms with Gasteiger partial charge in [-0.3, -0.25) is 19.1 Å². The van der Waals surface area contributed by atoms with Gasteiger partial charge in [-0.1, -0.05) is 81.4 Å². The van der Waals surface area contributed by atoms with E-state index in [1.807, 2.05) is 30.3 Å². The molecule has 3 N–H and O–H groups in total. The fraction of sp³-hybridized carbons (Fsp3) is 0.386. The largest absolute Gasteiger partial charge is 0.472 e. The average molecular weight is 862 g/mol. The predicted octanol–water partition coefficient (Wildman–Crippen LogP) is 6.09. The fourth-order valence-electron chi connectivity index (χ4n) is 7.83. The number of sulfonamides is 1. The van der Waals surface area contributed by atoms with Crippen molar-refractivity contribution in [1.82, 2.24) is 25.2 Å². The smallest absolute Gasteiger partial charge is 0.416 e. The summed E-state index contributed by atoms with van der Waals surface area (Å²) in [5.41, 5.74) is -2.99. The van der Waals surface area contributed by atoms with Crippen LogP contribution in [0.25, 0.3) is 10.8 Å². The van der Waals surface area contributed by atoms with Crippen LogP contribution in [0.2, 0.25) is 0 Å². The van der Waals surface area contributed by atoms with Gasteiger partial charge in [0.1, 0.15) is 29.5 Å². The first-order chi connectivity index (χ1) is 28.7. The Kier molecular flexibility index (Phi) is 11.4. The molecule has 0 radical (unpaired) electrons. The zero-order valence-electron chi connectivity index (χ0n) is 33.7. The van der Waals surface area contributed by atoms with Crippen molar-refractivity contribution in [2.45, 2.75) is 87.5 Å². The number of aromatic nitrogens is 1. The van der Waals surface area contributed by atoms with Crippen LogP contribution in [0.3, 0.4) is 0 Å². The van der Waals surface area contributed by atoms with Crippen LogP contribution in [0.4, 0.5) is 18.0 Å². The lowest BCUT2D eigenvalue weighted by Crippen LogP contribution is -2.60. The third kappa shape index (κ3) is 9.06. The van der Waals surface area contributed by atoms with Crippen LogP contribution in [0.15, 0.2) is 104 Å². The highest BCUT2D eigenvalue weighted by atomic mass is 32.2. The van der Waals surface area contributed by atoms with Crippen LogP contribution in [0.1, 0.15) is 57.6 Å². The summed E-state index contributed by atoms with van der Waals surface area (Å²) < 4.78 is 80.3. The van der Waals surface area contributed by atoms with Crippen LogP contribution in [0.5, 0.6) is 11.6 Å². The number of nitrogens with one attached hydrogen (secondary N) is 3. The number of nitrogens with zero attached hydrogens (tertiary/aromatic N) is 2. The molecule has 1 saturated heterocycles. The number of rotatable bonds is 13. The maximum Gasteiger partial charge on any atom is 0.416 e. The Labute approximate surface area is 351 Å². The van der Waals surface area contributed by atoms with Crippen molar-refractivity contribution in [3.8, 4) is 11.6 Å². The highest BCUT2D eigenvalue weighted by Crippen LogP contribution is 2.48. The Morgan fingerprint density at radius 2 is 1.69 bits per heavy atom. The molecule has 2 aliphatic carbocycles. The number of carbonyl (C=O) groups excluding carboxylic acids is 4. The monoisotopic (exact) mass is 861 g/mol. The number of likely N-dealkylation sites (tertiary alicyclic amines) is 1. The number of hydrogen-bond donors (Lipinski definition) is 3. The molecule has 3 aromatic carbocycles. The minimum Gasteiger partial charge on any atom is -0.472 e. The molecule has 2 heterocycles. The Morgan fingerprint density at radius 3 is 2.34 bits per heavy atom. The number of benzene rings is 3. The van der Waals surface area contributed by atoms with Crippen LogP contribution >= 0.6 is 0 Å². The zero-order chi connectivity index (χ0) is 44.0. The van der Waals surface area contributed by atoms with Crippen molar-refractivity contribution in [2.24, 2.45) is 11.3 Å². The van der Waals surface area contributed by atoms with E-state index in [9.17, 15) is 40.8 Å². The highest BCUT2D eigenvalue weighted by molar-refractivity contribution is 7.91. The van der Waals surface area contributed by atoms with Crippen molar-refractivity contribution < 1.29 is 50.2 Å². The lowest BCUT2D eigenvalue weighted by atomic mass is 9.85. The Bertz CT molecular complexity index is 2470. The van der Waals surface area contributed by atoms with Gasteiger partial charge in [0, 0.05) is 23.9 Å². The molecule has 5 atom stereocenters. The molecule has 17 heteroatoms. The molecule has 0 unspecified atom stereocenters. The minimum atomic E-state index is -4.70. The first-order valence-electron chi connectivity index (χ1n) is 19.8. The Morgan fingerprint density at radius 1 is 0.984 bits per heavy atom. The first-order valence-corrected chi connectivity index (χ1v) is 21.3. The Hall–Kier alpha value is -5.97. The van der Waals surface area contributed by atoms with Crippen molar-refractivity contribution in [1.29, 1.82) is 0 Å². The highest BCUT2D eigenvalue weighted by Gasteiger charge is 2.63. The van der Waals surface area contributed by atoms with Gasteiger partial charge in [0.2, 0.25) is 27.7 Å². The fourth-order valence-corrected chi connectivity index (χ4v) is 9.47. The summed E-state index contributed by atoms with van der Waals surface area (Å²) in [4.78, 5) is 62.0. The summed E-state index contributed by atoms with van der Waals surface area (Å²) >= 11 is 0. The van der Waals surface area contributed by atoms with E-state index < -0.39 is 91.1 Å². The summed E-state index contributed by atoms with van der Waals surface area (Å²) in [6.07, 6.45) is -2.90. The molecule has 13 nitrogen and oxygen atoms in total. The maximum absolute atomic E-state index is 14.7. The summed E-state index contributed by atoms with van der Waals surface area (Å²) in [5, 5.41) is 6.75. The number of halogens is 3. The molecule has 7 rings (SSSR count). The number of hydrogen-bond acceptors (Lipinski definition) is 9. The van der Waals surface area contributed by atoms with Gasteiger partial charge in [-0.05, 0) is 72.4 Å². The summed E-state index contributed by atoms with van der Waals surface area (Å²) in [6, 6.07) is 19.2. The minimum absolute atomic E-state index is 0.0450. The molecular formula is C44H46F3N5O8S. The van der Waals surface area contributed by atoms with Crippen molar-refractivity contribution in [3.63, 3.8) is 0 Å². The van der Waals surface area contributed by atoms with Crippen molar-refractivity contribution in [2.75, 3.05) is 6.54 Å². The number of carbonyl (C=O) groups is 4. The lowest BCUT2D eigenvalue weighted by Gasteiger charge is -2.35. The van der Waals surface area contributed by atoms with Crippen LogP contribution in [0, 0.1) is 11.3 Å². The van der Waals surface area contributed by atoms with E-state index in [1.165, 1.54) is 11.0 Å². The molecule has 0 bridgehead atoms. The summed E-state index contributed by atoms with van der Waals surface area (Å²) in [7, 11) is -4.22. The molecule has 3 aliphatic rings. The van der Waals surface area contributed by atoms with E-state index in [1.54, 1.807) is 57.3 Å². The van der Waals surface area contributed by atoms with Crippen LogP contribution < -0.4 is 24.8 Å². The summed E-state index contributed by atoms with van der Waals surface area (Å²) in [6.45, 7) is 8.53. The molecule has 2 saturated carbocycles. The topological polar surface area (TPSA) is 173 Å². The van der Waals surface area contributed by atoms with Gasteiger partial charge >= 0.3 is 12.3 Å². The van der Waals surface area contributed by atoms with Gasteiger partial charge in [0.15, 0.2) is 0 Å². The van der Waals surface area contributed by atoms with Gasteiger partial charge in [-0.15, -0.1) is 6.58 Å². The molecule has 61 heavy (non-hydrogen) atoms. The van der Waals surface area contributed by atoms with Gasteiger partial charge < -0.3 is 25.0 Å². The number of ether oxygens (including phenoxy) is 2. The zero-order valence-corrected chi connectivity index (χ0v) is 34.5. The predicted molar refractivity (Wildman–Crippen MR) is 218 cm³/mol. The molecule has 3 fully saturated rings. The quantitative estimate of drug-likeness (QED) is 0.135. The van der Waals surface area contributed by atoms with Crippen LogP contribution in [-0.2, 0) is 37.0 Å². The average Bonchev–Trinajstić information content (AvgIpc) is 4.11. The Balaban J connectivity index is 1.14. The van der Waals surface area contributed by atoms with E-state index in [4.69, 9.17) is 9.47 Å². The maximum atomic E-state index is 14.7. The molecule has 322 valence electrons. The third-order valence-electron chi connectivity index (χ3n) is 11.5. The molecule has 4 aromatic rings. The first kappa shape index (κ1) is 43.1. The second-order valence-electron chi connectivity index (χ2n) is 17.0. The van der Waals surface area contributed by atoms with E-state index in [2.05, 4.69) is 26.9 Å². The second-order valence-corrected chi connectivity index (χ2v) is 19.0. The molecule has 1 aromatic heterocycles. The lowest BCUT2D eigenvalue weighted by molar-refractivity contribution is -0.142. The molecule has 4 amide bonds. The van der Waals surface area contributed by atoms with Gasteiger partial charge in [-0.2, -0.15) is 13.2 Å². The van der Waals surface area contributed by atoms with Crippen molar-refractivity contribution >= 4 is 44.6 Å². The third-order valence-corrected chi connectivity index (χ3v) is 13.7. The van der Waals surface area contributed by atoms with E-state index in [0.717, 1.165) is 29.1 Å². The van der Waals surface area contributed by atoms with Gasteiger partial charge in [-0.25, -0.2) is 18.2 Å². The number of pyridine rings is 1. The number of fused-ring (bicyclic) bond motifs is 1. The number of alkyl halides is 3.